The second-order valence-electron chi connectivity index (χ2n) is 7.19. The van der Waals surface area contributed by atoms with Crippen molar-refractivity contribution in [1.29, 1.82) is 0 Å². The molecule has 0 unspecified atom stereocenters. The van der Waals surface area contributed by atoms with Crippen molar-refractivity contribution < 1.29 is 9.47 Å². The Hall–Kier alpha value is -3.67. The Morgan fingerprint density at radius 1 is 0.759 bits per heavy atom. The quantitative estimate of drug-likeness (QED) is 0.477. The van der Waals surface area contributed by atoms with E-state index in [0.29, 0.717) is 11.8 Å². The summed E-state index contributed by atoms with van der Waals surface area (Å²) in [6.45, 7) is 4.39. The molecule has 0 atom stereocenters. The van der Waals surface area contributed by atoms with Crippen LogP contribution in [0.3, 0.4) is 0 Å². The number of para-hydroxylation sites is 1. The smallest absolute Gasteiger partial charge is 0.345 e. The molecule has 0 radical (unpaired) electrons. The van der Waals surface area contributed by atoms with E-state index in [4.69, 9.17) is 9.47 Å². The number of nitrogens with zero attached hydrogens (tertiary/aromatic N) is 4. The van der Waals surface area contributed by atoms with Gasteiger partial charge in [0.1, 0.15) is 11.5 Å². The van der Waals surface area contributed by atoms with E-state index in [-0.39, 0.29) is 5.41 Å². The molecular weight excluding hydrogens is 364 g/mol. The molecule has 0 spiro atoms. The third-order valence-corrected chi connectivity index (χ3v) is 5.04. The van der Waals surface area contributed by atoms with Crippen LogP contribution >= 0.6 is 0 Å². The van der Waals surface area contributed by atoms with Crippen LogP contribution in [0, 0.1) is 0 Å². The number of hydrogen-bond acceptors (Lipinski definition) is 5. The molecule has 0 bridgehead atoms. The summed E-state index contributed by atoms with van der Waals surface area (Å²) in [7, 11) is 1.67. The Morgan fingerprint density at radius 3 is 1.93 bits per heavy atom. The van der Waals surface area contributed by atoms with Crippen LogP contribution in [0.4, 0.5) is 0 Å². The van der Waals surface area contributed by atoms with E-state index in [1.807, 2.05) is 54.6 Å². The predicted octanol–water partition coefficient (Wildman–Crippen LogP) is 4.79. The average Bonchev–Trinajstić information content (AvgIpc) is 3.23. The van der Waals surface area contributed by atoms with Gasteiger partial charge in [-0.1, -0.05) is 61.4 Å². The van der Waals surface area contributed by atoms with E-state index < -0.39 is 0 Å². The fourth-order valence-electron chi connectivity index (χ4n) is 3.19. The van der Waals surface area contributed by atoms with Crippen molar-refractivity contribution in [2.75, 3.05) is 7.11 Å². The highest BCUT2D eigenvalue weighted by atomic mass is 16.5. The van der Waals surface area contributed by atoms with E-state index in [0.717, 1.165) is 11.4 Å². The van der Waals surface area contributed by atoms with Crippen LogP contribution in [-0.4, -0.2) is 27.3 Å². The Bertz CT molecular complexity index is 1070. The molecule has 1 heterocycles. The van der Waals surface area contributed by atoms with Gasteiger partial charge in [-0.15, -0.1) is 0 Å². The van der Waals surface area contributed by atoms with Gasteiger partial charge in [0.2, 0.25) is 0 Å². The zero-order valence-electron chi connectivity index (χ0n) is 16.6. The summed E-state index contributed by atoms with van der Waals surface area (Å²) in [5.41, 5.74) is 3.07. The predicted molar refractivity (Wildman–Crippen MR) is 111 cm³/mol. The van der Waals surface area contributed by atoms with Crippen molar-refractivity contribution >= 4 is 0 Å². The molecule has 4 rings (SSSR count). The summed E-state index contributed by atoms with van der Waals surface area (Å²) in [5.74, 6) is 1.52. The number of ether oxygens (including phenoxy) is 2. The highest BCUT2D eigenvalue weighted by Crippen LogP contribution is 2.33. The topological polar surface area (TPSA) is 62.1 Å². The number of aromatic nitrogens is 4. The summed E-state index contributed by atoms with van der Waals surface area (Å²) >= 11 is 0. The molecule has 3 aromatic carbocycles. The van der Waals surface area contributed by atoms with Crippen LogP contribution in [-0.2, 0) is 5.41 Å². The lowest BCUT2D eigenvalue weighted by atomic mass is 9.78. The van der Waals surface area contributed by atoms with Crippen molar-refractivity contribution in [2.24, 2.45) is 0 Å². The first-order valence-corrected chi connectivity index (χ1v) is 9.34. The molecule has 0 aliphatic heterocycles. The second-order valence-corrected chi connectivity index (χ2v) is 7.19. The lowest BCUT2D eigenvalue weighted by Gasteiger charge is -2.26. The molecule has 29 heavy (non-hydrogen) atoms. The molecule has 6 nitrogen and oxygen atoms in total. The molecule has 4 aromatic rings. The van der Waals surface area contributed by atoms with Crippen molar-refractivity contribution in [1.82, 2.24) is 20.2 Å². The van der Waals surface area contributed by atoms with Gasteiger partial charge in [-0.2, -0.15) is 4.68 Å². The van der Waals surface area contributed by atoms with Crippen molar-refractivity contribution in [3.05, 3.63) is 90.0 Å². The highest BCUT2D eigenvalue weighted by Gasteiger charge is 2.23. The second kappa shape index (κ2) is 7.75. The average molecular weight is 386 g/mol. The van der Waals surface area contributed by atoms with Crippen LogP contribution in [0.5, 0.6) is 17.5 Å². The van der Waals surface area contributed by atoms with Crippen LogP contribution in [0.1, 0.15) is 25.0 Å². The Balaban J connectivity index is 1.55. The van der Waals surface area contributed by atoms with Gasteiger partial charge >= 0.3 is 6.01 Å². The van der Waals surface area contributed by atoms with Gasteiger partial charge in [-0.3, -0.25) is 0 Å². The van der Waals surface area contributed by atoms with E-state index in [1.165, 1.54) is 11.1 Å². The molecule has 0 aliphatic carbocycles. The van der Waals surface area contributed by atoms with Gasteiger partial charge in [-0.25, -0.2) is 0 Å². The molecule has 6 heteroatoms. The minimum Gasteiger partial charge on any atom is -0.497 e. The maximum absolute atomic E-state index is 5.92. The number of hydrogen-bond donors (Lipinski definition) is 0. The Kier molecular flexibility index (Phi) is 4.99. The summed E-state index contributed by atoms with van der Waals surface area (Å²) in [4.78, 5) is 0. The van der Waals surface area contributed by atoms with E-state index in [1.54, 1.807) is 11.8 Å². The van der Waals surface area contributed by atoms with E-state index in [9.17, 15) is 0 Å². The van der Waals surface area contributed by atoms with E-state index in [2.05, 4.69) is 53.6 Å². The lowest BCUT2D eigenvalue weighted by molar-refractivity contribution is 0.414. The first-order valence-electron chi connectivity index (χ1n) is 9.34. The van der Waals surface area contributed by atoms with Crippen LogP contribution < -0.4 is 9.47 Å². The lowest BCUT2D eigenvalue weighted by Crippen LogP contribution is -2.18. The molecule has 0 saturated heterocycles. The highest BCUT2D eigenvalue weighted by molar-refractivity contribution is 5.42. The maximum atomic E-state index is 5.92. The van der Waals surface area contributed by atoms with Crippen LogP contribution in [0.2, 0.25) is 0 Å². The van der Waals surface area contributed by atoms with Gasteiger partial charge in [0.05, 0.1) is 12.8 Å². The van der Waals surface area contributed by atoms with Gasteiger partial charge < -0.3 is 9.47 Å². The Labute approximate surface area is 169 Å². The summed E-state index contributed by atoms with van der Waals surface area (Å²) in [5, 5.41) is 11.7. The van der Waals surface area contributed by atoms with Gasteiger partial charge in [0.25, 0.3) is 0 Å². The molecular formula is C23H22N4O2. The van der Waals surface area contributed by atoms with Crippen molar-refractivity contribution in [3.8, 4) is 23.2 Å². The van der Waals surface area contributed by atoms with Gasteiger partial charge in [0.15, 0.2) is 0 Å². The molecule has 0 aliphatic rings. The number of rotatable bonds is 6. The summed E-state index contributed by atoms with van der Waals surface area (Å²) < 4.78 is 12.7. The first kappa shape index (κ1) is 18.7. The van der Waals surface area contributed by atoms with Crippen molar-refractivity contribution in [3.63, 3.8) is 0 Å². The fourth-order valence-corrected chi connectivity index (χ4v) is 3.19. The number of benzene rings is 3. The molecule has 0 N–H and O–H groups in total. The summed E-state index contributed by atoms with van der Waals surface area (Å²) in [6.07, 6.45) is 0. The van der Waals surface area contributed by atoms with Crippen LogP contribution in [0.25, 0.3) is 5.69 Å². The minimum absolute atomic E-state index is 0.156. The Morgan fingerprint density at radius 2 is 1.34 bits per heavy atom. The SMILES string of the molecule is COc1ccc(C(C)(C)c2ccc(Oc3nnnn3-c3ccccc3)cc2)cc1. The maximum Gasteiger partial charge on any atom is 0.345 e. The van der Waals surface area contributed by atoms with Gasteiger partial charge in [-0.05, 0) is 58.0 Å². The monoisotopic (exact) mass is 386 g/mol. The molecule has 146 valence electrons. The number of methoxy groups -OCH3 is 1. The summed E-state index contributed by atoms with van der Waals surface area (Å²) in [6, 6.07) is 26.1. The normalized spacial score (nSPS) is 11.3. The minimum atomic E-state index is -0.156. The number of tetrazole rings is 1. The van der Waals surface area contributed by atoms with E-state index >= 15 is 0 Å². The molecule has 0 amide bonds. The third kappa shape index (κ3) is 3.82. The molecule has 0 fully saturated rings. The third-order valence-electron chi connectivity index (χ3n) is 5.04. The largest absolute Gasteiger partial charge is 0.497 e. The van der Waals surface area contributed by atoms with Crippen LogP contribution in [0.15, 0.2) is 78.9 Å². The standard InChI is InChI=1S/C23H22N4O2/c1-23(2,17-9-13-20(28-3)14-10-17)18-11-15-21(16-12-18)29-22-24-25-26-27(22)19-7-5-4-6-8-19/h4-16H,1-3H3. The molecule has 0 saturated carbocycles. The van der Waals surface area contributed by atoms with Gasteiger partial charge in [0, 0.05) is 5.41 Å². The van der Waals surface area contributed by atoms with Crippen molar-refractivity contribution in [2.45, 2.75) is 19.3 Å². The zero-order chi connectivity index (χ0) is 20.3. The zero-order valence-corrected chi connectivity index (χ0v) is 16.6. The molecule has 1 aromatic heterocycles. The fraction of sp³-hybridized carbons (Fsp3) is 0.174. The first-order chi connectivity index (χ1) is 14.1.